The lowest BCUT2D eigenvalue weighted by Gasteiger charge is -2.13. The number of aromatic amines is 1. The van der Waals surface area contributed by atoms with Crippen LogP contribution in [-0.2, 0) is 20.8 Å². The molecule has 0 radical (unpaired) electrons. The molecule has 0 atom stereocenters. The highest BCUT2D eigenvalue weighted by atomic mass is 16.7. The second-order valence-corrected chi connectivity index (χ2v) is 8.67. The van der Waals surface area contributed by atoms with Crippen LogP contribution in [0.1, 0.15) is 43.6 Å². The maximum atomic E-state index is 12.5. The van der Waals surface area contributed by atoms with Crippen LogP contribution in [-0.4, -0.2) is 41.4 Å². The molecule has 2 heterocycles. The molecule has 2 aromatic heterocycles. The SMILES string of the molecule is COCc1c(OC(=O)OC(C)C)ncc2[nH]c3ccc(Oc4ccccc4C(=O)OC(C)C)cc3c12. The van der Waals surface area contributed by atoms with Gasteiger partial charge in [-0.3, -0.25) is 0 Å². The molecule has 0 saturated heterocycles. The molecular weight excluding hydrogens is 464 g/mol. The number of fused-ring (bicyclic) bond motifs is 3. The highest BCUT2D eigenvalue weighted by Crippen LogP contribution is 2.36. The first-order chi connectivity index (χ1) is 17.3. The Kier molecular flexibility index (Phi) is 7.40. The third-order valence-electron chi connectivity index (χ3n) is 5.15. The van der Waals surface area contributed by atoms with Gasteiger partial charge < -0.3 is 28.7 Å². The van der Waals surface area contributed by atoms with E-state index < -0.39 is 12.1 Å². The van der Waals surface area contributed by atoms with Gasteiger partial charge in [0.1, 0.15) is 17.1 Å². The first kappa shape index (κ1) is 25.0. The molecule has 1 N–H and O–H groups in total. The molecular formula is C27H28N2O7. The minimum atomic E-state index is -0.844. The summed E-state index contributed by atoms with van der Waals surface area (Å²) in [5.41, 5.74) is 2.47. The summed E-state index contributed by atoms with van der Waals surface area (Å²) >= 11 is 0. The molecule has 36 heavy (non-hydrogen) atoms. The van der Waals surface area contributed by atoms with Crippen molar-refractivity contribution in [3.63, 3.8) is 0 Å². The number of hydrogen-bond donors (Lipinski definition) is 1. The standard InChI is InChI=1S/C27H28N2O7/c1-15(2)33-26(30)18-8-6-7-9-23(18)35-17-10-11-21-19(12-17)24-20(14-32-5)25(28-13-22(24)29-21)36-27(31)34-16(3)4/h6-13,15-16,29H,14H2,1-5H3. The zero-order valence-electron chi connectivity index (χ0n) is 20.8. The Labute approximate surface area is 208 Å². The van der Waals surface area contributed by atoms with Crippen molar-refractivity contribution in [3.8, 4) is 17.4 Å². The van der Waals surface area contributed by atoms with Crippen molar-refractivity contribution < 1.29 is 33.3 Å². The van der Waals surface area contributed by atoms with Crippen molar-refractivity contribution in [2.45, 2.75) is 46.5 Å². The minimum Gasteiger partial charge on any atom is -0.459 e. The zero-order chi connectivity index (χ0) is 25.8. The molecule has 4 aromatic rings. The van der Waals surface area contributed by atoms with E-state index in [9.17, 15) is 9.59 Å². The summed E-state index contributed by atoms with van der Waals surface area (Å²) in [7, 11) is 1.55. The molecule has 2 aromatic carbocycles. The third-order valence-corrected chi connectivity index (χ3v) is 5.15. The normalized spacial score (nSPS) is 11.3. The molecule has 4 rings (SSSR count). The fourth-order valence-corrected chi connectivity index (χ4v) is 3.78. The summed E-state index contributed by atoms with van der Waals surface area (Å²) in [4.78, 5) is 32.3. The predicted molar refractivity (Wildman–Crippen MR) is 134 cm³/mol. The molecule has 0 amide bonds. The summed E-state index contributed by atoms with van der Waals surface area (Å²) in [5, 5.41) is 1.58. The van der Waals surface area contributed by atoms with E-state index in [0.717, 1.165) is 21.8 Å². The Morgan fingerprint density at radius 1 is 0.972 bits per heavy atom. The maximum absolute atomic E-state index is 12.5. The molecule has 9 heteroatoms. The van der Waals surface area contributed by atoms with Crippen LogP contribution >= 0.6 is 0 Å². The number of carbonyl (C=O) groups excluding carboxylic acids is 2. The molecule has 0 aliphatic rings. The van der Waals surface area contributed by atoms with Crippen LogP contribution < -0.4 is 9.47 Å². The number of carbonyl (C=O) groups is 2. The van der Waals surface area contributed by atoms with Crippen LogP contribution in [0, 0.1) is 0 Å². The summed E-state index contributed by atoms with van der Waals surface area (Å²) < 4.78 is 27.3. The molecule has 0 aliphatic carbocycles. The maximum Gasteiger partial charge on any atom is 0.515 e. The average molecular weight is 493 g/mol. The van der Waals surface area contributed by atoms with E-state index in [1.807, 2.05) is 12.1 Å². The molecule has 188 valence electrons. The van der Waals surface area contributed by atoms with Gasteiger partial charge in [0.2, 0.25) is 5.88 Å². The van der Waals surface area contributed by atoms with E-state index in [1.54, 1.807) is 71.3 Å². The number of nitrogens with one attached hydrogen (secondary N) is 1. The Balaban J connectivity index is 1.76. The van der Waals surface area contributed by atoms with Gasteiger partial charge in [-0.2, -0.15) is 0 Å². The van der Waals surface area contributed by atoms with E-state index in [0.29, 0.717) is 22.6 Å². The predicted octanol–water partition coefficient (Wildman–Crippen LogP) is 6.14. The number of para-hydroxylation sites is 1. The van der Waals surface area contributed by atoms with E-state index in [4.69, 9.17) is 23.7 Å². The quantitative estimate of drug-likeness (QED) is 0.292. The van der Waals surface area contributed by atoms with Gasteiger partial charge in [-0.15, -0.1) is 0 Å². The average Bonchev–Trinajstić information content (AvgIpc) is 3.18. The van der Waals surface area contributed by atoms with Gasteiger partial charge in [0.15, 0.2) is 0 Å². The number of benzene rings is 2. The van der Waals surface area contributed by atoms with Gasteiger partial charge in [-0.05, 0) is 58.0 Å². The van der Waals surface area contributed by atoms with Gasteiger partial charge in [-0.25, -0.2) is 14.6 Å². The minimum absolute atomic E-state index is 0.101. The lowest BCUT2D eigenvalue weighted by Crippen LogP contribution is -2.17. The number of pyridine rings is 1. The number of aromatic nitrogens is 2. The Hall–Kier alpha value is -4.11. The Morgan fingerprint density at radius 3 is 2.44 bits per heavy atom. The second-order valence-electron chi connectivity index (χ2n) is 8.67. The smallest absolute Gasteiger partial charge is 0.459 e. The van der Waals surface area contributed by atoms with Gasteiger partial charge in [0.05, 0.1) is 36.1 Å². The van der Waals surface area contributed by atoms with Crippen molar-refractivity contribution in [2.24, 2.45) is 0 Å². The summed E-state index contributed by atoms with van der Waals surface area (Å²) in [5.74, 6) is 0.526. The van der Waals surface area contributed by atoms with Crippen LogP contribution in [0.4, 0.5) is 4.79 Å². The number of esters is 1. The number of methoxy groups -OCH3 is 1. The van der Waals surface area contributed by atoms with Crippen LogP contribution in [0.25, 0.3) is 21.8 Å². The number of H-pyrrole nitrogens is 1. The van der Waals surface area contributed by atoms with Crippen LogP contribution in [0.15, 0.2) is 48.7 Å². The Bertz CT molecular complexity index is 1410. The number of rotatable bonds is 8. The monoisotopic (exact) mass is 492 g/mol. The van der Waals surface area contributed by atoms with Crippen molar-refractivity contribution in [1.82, 2.24) is 9.97 Å². The van der Waals surface area contributed by atoms with E-state index in [2.05, 4.69) is 9.97 Å². The fraction of sp³-hybridized carbons (Fsp3) is 0.296. The molecule has 0 bridgehead atoms. The molecule has 9 nitrogen and oxygen atoms in total. The summed E-state index contributed by atoms with van der Waals surface area (Å²) in [6.45, 7) is 7.20. The first-order valence-electron chi connectivity index (χ1n) is 11.6. The van der Waals surface area contributed by atoms with Gasteiger partial charge in [-0.1, -0.05) is 12.1 Å². The first-order valence-corrected chi connectivity index (χ1v) is 11.6. The van der Waals surface area contributed by atoms with Crippen LogP contribution in [0.5, 0.6) is 17.4 Å². The van der Waals surface area contributed by atoms with E-state index in [-0.39, 0.29) is 24.7 Å². The second kappa shape index (κ2) is 10.7. The van der Waals surface area contributed by atoms with Crippen molar-refractivity contribution in [1.29, 1.82) is 0 Å². The molecule has 0 spiro atoms. The fourth-order valence-electron chi connectivity index (χ4n) is 3.78. The van der Waals surface area contributed by atoms with Gasteiger partial charge >= 0.3 is 12.1 Å². The summed E-state index contributed by atoms with van der Waals surface area (Å²) in [6, 6.07) is 12.4. The molecule has 0 aliphatic heterocycles. The molecule has 0 fully saturated rings. The van der Waals surface area contributed by atoms with E-state index in [1.165, 1.54) is 0 Å². The highest BCUT2D eigenvalue weighted by molar-refractivity contribution is 6.09. The van der Waals surface area contributed by atoms with Gasteiger partial charge in [0.25, 0.3) is 0 Å². The Morgan fingerprint density at radius 2 is 1.72 bits per heavy atom. The molecule has 0 unspecified atom stereocenters. The summed E-state index contributed by atoms with van der Waals surface area (Å²) in [6.07, 6.45) is 0.156. The topological polar surface area (TPSA) is 109 Å². The number of ether oxygens (including phenoxy) is 5. The van der Waals surface area contributed by atoms with E-state index >= 15 is 0 Å². The third kappa shape index (κ3) is 5.41. The molecule has 0 saturated carbocycles. The van der Waals surface area contributed by atoms with Crippen LogP contribution in [0.3, 0.4) is 0 Å². The largest absolute Gasteiger partial charge is 0.515 e. The van der Waals surface area contributed by atoms with Crippen molar-refractivity contribution >= 4 is 33.9 Å². The number of hydrogen-bond acceptors (Lipinski definition) is 8. The van der Waals surface area contributed by atoms with Crippen molar-refractivity contribution in [2.75, 3.05) is 7.11 Å². The number of nitrogens with zero attached hydrogens (tertiary/aromatic N) is 1. The lowest BCUT2D eigenvalue weighted by atomic mass is 10.1. The van der Waals surface area contributed by atoms with Gasteiger partial charge in [0, 0.05) is 23.4 Å². The highest BCUT2D eigenvalue weighted by Gasteiger charge is 2.20. The lowest BCUT2D eigenvalue weighted by molar-refractivity contribution is 0.0374. The zero-order valence-corrected chi connectivity index (χ0v) is 20.8. The van der Waals surface area contributed by atoms with Crippen LogP contribution in [0.2, 0.25) is 0 Å². The van der Waals surface area contributed by atoms with Crippen molar-refractivity contribution in [3.05, 3.63) is 59.8 Å².